The van der Waals surface area contributed by atoms with Gasteiger partial charge in [0.2, 0.25) is 0 Å². The van der Waals surface area contributed by atoms with E-state index in [2.05, 4.69) is 13.0 Å². The Morgan fingerprint density at radius 2 is 2.05 bits per heavy atom. The SMILES string of the molecule is CCc1cc(CC(=O)O)cc2sc3cccc(Cl)c3c12. The maximum atomic E-state index is 10.9. The molecule has 0 aliphatic rings. The Hall–Kier alpha value is -1.58. The lowest BCUT2D eigenvalue weighted by Crippen LogP contribution is -2.00. The van der Waals surface area contributed by atoms with Gasteiger partial charge >= 0.3 is 5.97 Å². The molecule has 4 heteroatoms. The van der Waals surface area contributed by atoms with Gasteiger partial charge in [0.25, 0.3) is 0 Å². The normalized spacial score (nSPS) is 11.3. The van der Waals surface area contributed by atoms with Crippen LogP contribution in [0.4, 0.5) is 0 Å². The number of rotatable bonds is 3. The molecule has 0 spiro atoms. The van der Waals surface area contributed by atoms with Crippen LogP contribution in [-0.4, -0.2) is 11.1 Å². The molecule has 1 heterocycles. The summed E-state index contributed by atoms with van der Waals surface area (Å²) in [6, 6.07) is 9.88. The molecule has 0 aliphatic heterocycles. The second-order valence-electron chi connectivity index (χ2n) is 4.77. The van der Waals surface area contributed by atoms with E-state index in [1.807, 2.05) is 24.3 Å². The second-order valence-corrected chi connectivity index (χ2v) is 6.26. The zero-order chi connectivity index (χ0) is 14.3. The molecule has 3 rings (SSSR count). The first-order valence-corrected chi connectivity index (χ1v) is 7.64. The van der Waals surface area contributed by atoms with Crippen molar-refractivity contribution in [3.63, 3.8) is 0 Å². The molecule has 0 bridgehead atoms. The highest BCUT2D eigenvalue weighted by Crippen LogP contribution is 2.40. The highest BCUT2D eigenvalue weighted by Gasteiger charge is 2.13. The fourth-order valence-electron chi connectivity index (χ4n) is 2.61. The third kappa shape index (κ3) is 2.17. The Morgan fingerprint density at radius 1 is 1.25 bits per heavy atom. The molecule has 20 heavy (non-hydrogen) atoms. The predicted molar refractivity (Wildman–Crippen MR) is 85.1 cm³/mol. The number of halogens is 1. The van der Waals surface area contributed by atoms with Crippen molar-refractivity contribution in [2.75, 3.05) is 0 Å². The number of fused-ring (bicyclic) bond motifs is 3. The van der Waals surface area contributed by atoms with Gasteiger partial charge in [0, 0.05) is 25.2 Å². The van der Waals surface area contributed by atoms with Crippen LogP contribution in [0.25, 0.3) is 20.2 Å². The molecular weight excluding hydrogens is 292 g/mol. The summed E-state index contributed by atoms with van der Waals surface area (Å²) >= 11 is 8.01. The molecule has 3 aromatic rings. The van der Waals surface area contributed by atoms with Crippen molar-refractivity contribution in [1.82, 2.24) is 0 Å². The number of benzene rings is 2. The molecule has 102 valence electrons. The van der Waals surface area contributed by atoms with Gasteiger partial charge in [0.05, 0.1) is 6.42 Å². The lowest BCUT2D eigenvalue weighted by atomic mass is 10.00. The van der Waals surface area contributed by atoms with Crippen LogP contribution in [0.15, 0.2) is 30.3 Å². The Labute approximate surface area is 125 Å². The molecule has 0 saturated heterocycles. The summed E-state index contributed by atoms with van der Waals surface area (Å²) in [6.07, 6.45) is 0.923. The predicted octanol–water partition coefficient (Wildman–Crippen LogP) is 4.90. The van der Waals surface area contributed by atoms with Gasteiger partial charge in [-0.25, -0.2) is 0 Å². The van der Waals surface area contributed by atoms with E-state index in [-0.39, 0.29) is 6.42 Å². The van der Waals surface area contributed by atoms with Crippen LogP contribution in [0.3, 0.4) is 0 Å². The van der Waals surface area contributed by atoms with E-state index in [9.17, 15) is 4.79 Å². The fraction of sp³-hybridized carbons (Fsp3) is 0.188. The second kappa shape index (κ2) is 5.08. The highest BCUT2D eigenvalue weighted by molar-refractivity contribution is 7.26. The Balaban J connectivity index is 2.37. The first kappa shape index (κ1) is 13.4. The van der Waals surface area contributed by atoms with Crippen molar-refractivity contribution >= 4 is 49.1 Å². The summed E-state index contributed by atoms with van der Waals surface area (Å²) in [5.41, 5.74) is 2.02. The van der Waals surface area contributed by atoms with Crippen molar-refractivity contribution in [3.8, 4) is 0 Å². The smallest absolute Gasteiger partial charge is 0.307 e. The molecule has 0 aliphatic carbocycles. The standard InChI is InChI=1S/C16H13ClO2S/c1-2-10-6-9(8-14(18)19)7-13-15(10)16-11(17)4-3-5-12(16)20-13/h3-7H,2,8H2,1H3,(H,18,19). The van der Waals surface area contributed by atoms with Gasteiger partial charge in [-0.15, -0.1) is 11.3 Å². The van der Waals surface area contributed by atoms with E-state index in [1.54, 1.807) is 11.3 Å². The van der Waals surface area contributed by atoms with Gasteiger partial charge in [0.15, 0.2) is 0 Å². The number of aliphatic carboxylic acids is 1. The lowest BCUT2D eigenvalue weighted by molar-refractivity contribution is -0.136. The maximum absolute atomic E-state index is 10.9. The lowest BCUT2D eigenvalue weighted by Gasteiger charge is -2.05. The molecule has 0 radical (unpaired) electrons. The van der Waals surface area contributed by atoms with E-state index in [1.165, 1.54) is 5.39 Å². The minimum atomic E-state index is -0.800. The number of aryl methyl sites for hydroxylation is 1. The zero-order valence-corrected chi connectivity index (χ0v) is 12.5. The molecular formula is C16H13ClO2S. The maximum Gasteiger partial charge on any atom is 0.307 e. The van der Waals surface area contributed by atoms with Gasteiger partial charge in [-0.05, 0) is 35.7 Å². The number of carboxylic acids is 1. The van der Waals surface area contributed by atoms with Crippen LogP contribution in [0.1, 0.15) is 18.1 Å². The first-order chi connectivity index (χ1) is 9.60. The Morgan fingerprint density at radius 3 is 2.75 bits per heavy atom. The molecule has 0 fully saturated rings. The van der Waals surface area contributed by atoms with Crippen LogP contribution < -0.4 is 0 Å². The van der Waals surface area contributed by atoms with E-state index < -0.39 is 5.97 Å². The monoisotopic (exact) mass is 304 g/mol. The van der Waals surface area contributed by atoms with E-state index in [0.717, 1.165) is 37.4 Å². The summed E-state index contributed by atoms with van der Waals surface area (Å²) < 4.78 is 2.26. The minimum Gasteiger partial charge on any atom is -0.481 e. The van der Waals surface area contributed by atoms with Crippen LogP contribution in [0.5, 0.6) is 0 Å². The van der Waals surface area contributed by atoms with Gasteiger partial charge in [0.1, 0.15) is 0 Å². The number of thiophene rings is 1. The summed E-state index contributed by atoms with van der Waals surface area (Å²) in [5, 5.41) is 12.0. The first-order valence-electron chi connectivity index (χ1n) is 6.44. The molecule has 1 aromatic heterocycles. The molecule has 0 saturated carbocycles. The largest absolute Gasteiger partial charge is 0.481 e. The van der Waals surface area contributed by atoms with Crippen LogP contribution >= 0.6 is 22.9 Å². The van der Waals surface area contributed by atoms with E-state index in [0.29, 0.717) is 0 Å². The molecule has 2 aromatic carbocycles. The van der Waals surface area contributed by atoms with E-state index >= 15 is 0 Å². The summed E-state index contributed by atoms with van der Waals surface area (Å²) in [6.45, 7) is 2.08. The van der Waals surface area contributed by atoms with Crippen LogP contribution in [0.2, 0.25) is 5.02 Å². The van der Waals surface area contributed by atoms with Gasteiger partial charge in [-0.2, -0.15) is 0 Å². The Bertz CT molecular complexity index is 820. The number of carboxylic acid groups (broad SMARTS) is 1. The average Bonchev–Trinajstić information content (AvgIpc) is 2.76. The topological polar surface area (TPSA) is 37.3 Å². The van der Waals surface area contributed by atoms with Crippen LogP contribution in [0, 0.1) is 0 Å². The van der Waals surface area contributed by atoms with Crippen molar-refractivity contribution in [1.29, 1.82) is 0 Å². The summed E-state index contributed by atoms with van der Waals surface area (Å²) in [4.78, 5) is 10.9. The number of hydrogen-bond acceptors (Lipinski definition) is 2. The fourth-order valence-corrected chi connectivity index (χ4v) is 4.17. The molecule has 0 unspecified atom stereocenters. The van der Waals surface area contributed by atoms with Crippen molar-refractivity contribution in [2.45, 2.75) is 19.8 Å². The van der Waals surface area contributed by atoms with Crippen molar-refractivity contribution in [2.24, 2.45) is 0 Å². The number of carbonyl (C=O) groups is 1. The highest BCUT2D eigenvalue weighted by atomic mass is 35.5. The van der Waals surface area contributed by atoms with Crippen molar-refractivity contribution < 1.29 is 9.90 Å². The third-order valence-electron chi connectivity index (χ3n) is 3.43. The van der Waals surface area contributed by atoms with Gasteiger partial charge in [-0.1, -0.05) is 30.7 Å². The quantitative estimate of drug-likeness (QED) is 0.747. The van der Waals surface area contributed by atoms with Crippen LogP contribution in [-0.2, 0) is 17.6 Å². The molecule has 2 nitrogen and oxygen atoms in total. The van der Waals surface area contributed by atoms with Crippen molar-refractivity contribution in [3.05, 3.63) is 46.5 Å². The minimum absolute atomic E-state index is 0.0604. The Kier molecular flexibility index (Phi) is 3.40. The third-order valence-corrected chi connectivity index (χ3v) is 4.84. The molecule has 1 N–H and O–H groups in total. The molecule has 0 amide bonds. The van der Waals surface area contributed by atoms with E-state index in [4.69, 9.17) is 16.7 Å². The van der Waals surface area contributed by atoms with Gasteiger partial charge in [-0.3, -0.25) is 4.79 Å². The molecule has 0 atom stereocenters. The zero-order valence-electron chi connectivity index (χ0n) is 10.9. The number of hydrogen-bond donors (Lipinski definition) is 1. The summed E-state index contributed by atoms with van der Waals surface area (Å²) in [5.74, 6) is -0.800. The average molecular weight is 305 g/mol. The van der Waals surface area contributed by atoms with Gasteiger partial charge < -0.3 is 5.11 Å². The summed E-state index contributed by atoms with van der Waals surface area (Å²) in [7, 11) is 0.